The molecule has 1 aliphatic rings. The lowest BCUT2D eigenvalue weighted by molar-refractivity contribution is 1.19. The van der Waals surface area contributed by atoms with Crippen LogP contribution in [0.3, 0.4) is 0 Å². The fraction of sp³-hybridized carbons (Fsp3) is 0. The Labute approximate surface area is 289 Å². The third kappa shape index (κ3) is 3.90. The van der Waals surface area contributed by atoms with Crippen LogP contribution in [0.2, 0.25) is 0 Å². The first-order valence-corrected chi connectivity index (χ1v) is 17.2. The van der Waals surface area contributed by atoms with E-state index < -0.39 is 0 Å². The van der Waals surface area contributed by atoms with Crippen molar-refractivity contribution in [1.29, 1.82) is 0 Å². The molecule has 0 radical (unpaired) electrons. The van der Waals surface area contributed by atoms with E-state index in [9.17, 15) is 0 Å². The van der Waals surface area contributed by atoms with Crippen molar-refractivity contribution in [1.82, 2.24) is 9.97 Å². The fourth-order valence-electron chi connectivity index (χ4n) is 8.41. The summed E-state index contributed by atoms with van der Waals surface area (Å²) in [5.74, 6) is 0.739. The zero-order valence-electron chi connectivity index (χ0n) is 27.1. The topological polar surface area (TPSA) is 25.8 Å². The Morgan fingerprint density at radius 2 is 0.900 bits per heavy atom. The Morgan fingerprint density at radius 3 is 1.64 bits per heavy atom. The van der Waals surface area contributed by atoms with E-state index in [0.29, 0.717) is 0 Å². The van der Waals surface area contributed by atoms with Crippen molar-refractivity contribution >= 4 is 53.9 Å². The maximum Gasteiger partial charge on any atom is 0.159 e. The fourth-order valence-corrected chi connectivity index (χ4v) is 8.41. The Kier molecular flexibility index (Phi) is 5.70. The van der Waals surface area contributed by atoms with Gasteiger partial charge in [0, 0.05) is 22.9 Å². The van der Waals surface area contributed by atoms with Crippen molar-refractivity contribution in [2.45, 2.75) is 0 Å². The zero-order valence-corrected chi connectivity index (χ0v) is 27.1. The Balaban J connectivity index is 1.13. The van der Waals surface area contributed by atoms with Crippen molar-refractivity contribution in [3.63, 3.8) is 0 Å². The second kappa shape index (κ2) is 10.4. The number of aromatic nitrogens is 2. The minimum absolute atomic E-state index is 0.739. The van der Waals surface area contributed by atoms with Crippen molar-refractivity contribution < 1.29 is 0 Å². The number of hydrogen-bond donors (Lipinski definition) is 0. The van der Waals surface area contributed by atoms with E-state index in [1.165, 1.54) is 81.7 Å². The van der Waals surface area contributed by atoms with Crippen LogP contribution in [-0.2, 0) is 0 Å². The summed E-state index contributed by atoms with van der Waals surface area (Å²) in [4.78, 5) is 10.2. The maximum absolute atomic E-state index is 5.22. The number of fused-ring (bicyclic) bond motifs is 7. The molecule has 0 spiro atoms. The molecule has 2 nitrogen and oxygen atoms in total. The number of hydrogen-bond acceptors (Lipinski definition) is 2. The second-order valence-corrected chi connectivity index (χ2v) is 13.3. The van der Waals surface area contributed by atoms with Crippen LogP contribution in [0.1, 0.15) is 0 Å². The molecular formula is C48H28N2. The average molecular weight is 633 g/mol. The molecule has 11 rings (SSSR count). The number of benzene rings is 9. The minimum Gasteiger partial charge on any atom is -0.236 e. The van der Waals surface area contributed by atoms with Gasteiger partial charge in [0.05, 0.1) is 5.69 Å². The lowest BCUT2D eigenvalue weighted by Gasteiger charge is -2.19. The van der Waals surface area contributed by atoms with Gasteiger partial charge in [-0.15, -0.1) is 0 Å². The molecule has 0 saturated heterocycles. The molecule has 1 heterocycles. The van der Waals surface area contributed by atoms with Crippen LogP contribution >= 0.6 is 0 Å². The summed E-state index contributed by atoms with van der Waals surface area (Å²) in [6.07, 6.45) is 2.01. The summed E-state index contributed by atoms with van der Waals surface area (Å²) in [7, 11) is 0. The molecule has 0 atom stereocenters. The molecule has 0 aliphatic heterocycles. The van der Waals surface area contributed by atoms with Crippen LogP contribution < -0.4 is 0 Å². The molecular weight excluding hydrogens is 605 g/mol. The van der Waals surface area contributed by atoms with Gasteiger partial charge >= 0.3 is 0 Å². The lowest BCUT2D eigenvalue weighted by Crippen LogP contribution is -1.94. The third-order valence-corrected chi connectivity index (χ3v) is 10.6. The molecule has 9 aromatic carbocycles. The number of rotatable bonds is 3. The smallest absolute Gasteiger partial charge is 0.159 e. The van der Waals surface area contributed by atoms with Gasteiger partial charge in [0.1, 0.15) is 0 Å². The minimum atomic E-state index is 0.739. The van der Waals surface area contributed by atoms with Gasteiger partial charge in [-0.1, -0.05) is 146 Å². The quantitative estimate of drug-likeness (QED) is 0.181. The normalized spacial score (nSPS) is 12.0. The summed E-state index contributed by atoms with van der Waals surface area (Å²) in [5, 5.41) is 12.5. The predicted molar refractivity (Wildman–Crippen MR) is 210 cm³/mol. The predicted octanol–water partition coefficient (Wildman–Crippen LogP) is 12.9. The Hall–Kier alpha value is -6.64. The van der Waals surface area contributed by atoms with Gasteiger partial charge in [0.2, 0.25) is 0 Å². The van der Waals surface area contributed by atoms with Gasteiger partial charge < -0.3 is 0 Å². The van der Waals surface area contributed by atoms with E-state index in [4.69, 9.17) is 9.97 Å². The van der Waals surface area contributed by atoms with Crippen molar-refractivity contribution in [3.05, 3.63) is 170 Å². The molecule has 1 aliphatic carbocycles. The number of nitrogens with zero attached hydrogens (tertiary/aromatic N) is 2. The first kappa shape index (κ1) is 27.3. The standard InChI is InChI=1S/C48H28N2/c1-2-12-31-27-42-32(25-30(31)11-1)15-10-22-39(42)46-37-20-5-3-18-35(37)45(36-19-4-6-21-38(36)46)33-16-7-17-34(26-33)48-49-28-43-40-23-8-13-29-14-9-24-41(44(29)40)47(43)50-48/h1-28H. The van der Waals surface area contributed by atoms with E-state index in [2.05, 4.69) is 164 Å². The second-order valence-electron chi connectivity index (χ2n) is 13.3. The van der Waals surface area contributed by atoms with Crippen LogP contribution in [-0.4, -0.2) is 9.97 Å². The summed E-state index contributed by atoms with van der Waals surface area (Å²) >= 11 is 0. The van der Waals surface area contributed by atoms with E-state index >= 15 is 0 Å². The van der Waals surface area contributed by atoms with E-state index in [1.54, 1.807) is 0 Å². The van der Waals surface area contributed by atoms with Crippen LogP contribution in [0.25, 0.3) is 110 Å². The van der Waals surface area contributed by atoms with Crippen molar-refractivity contribution in [3.8, 4) is 56.0 Å². The van der Waals surface area contributed by atoms with Crippen LogP contribution in [0, 0.1) is 0 Å². The lowest BCUT2D eigenvalue weighted by atomic mass is 9.84. The molecule has 1 aromatic heterocycles. The van der Waals surface area contributed by atoms with E-state index in [1.807, 2.05) is 6.20 Å². The average Bonchev–Trinajstić information content (AvgIpc) is 3.50. The third-order valence-electron chi connectivity index (χ3n) is 10.6. The van der Waals surface area contributed by atoms with Crippen LogP contribution in [0.5, 0.6) is 0 Å². The van der Waals surface area contributed by atoms with Crippen molar-refractivity contribution in [2.75, 3.05) is 0 Å². The highest BCUT2D eigenvalue weighted by Gasteiger charge is 2.24. The van der Waals surface area contributed by atoms with Gasteiger partial charge in [-0.2, -0.15) is 0 Å². The molecule has 0 amide bonds. The van der Waals surface area contributed by atoms with Gasteiger partial charge in [0.15, 0.2) is 5.82 Å². The first-order chi connectivity index (χ1) is 24.8. The first-order valence-electron chi connectivity index (χ1n) is 17.2. The molecule has 50 heavy (non-hydrogen) atoms. The van der Waals surface area contributed by atoms with Gasteiger partial charge in [-0.05, 0) is 99.9 Å². The highest BCUT2D eigenvalue weighted by molar-refractivity contribution is 6.24. The van der Waals surface area contributed by atoms with Gasteiger partial charge in [-0.25, -0.2) is 9.97 Å². The zero-order chi connectivity index (χ0) is 32.8. The summed E-state index contributed by atoms with van der Waals surface area (Å²) in [6.45, 7) is 0. The largest absolute Gasteiger partial charge is 0.236 e. The molecule has 0 unspecified atom stereocenters. The molecule has 0 bridgehead atoms. The van der Waals surface area contributed by atoms with Gasteiger partial charge in [0.25, 0.3) is 0 Å². The SMILES string of the molecule is c1cc(-c2ncc3c(n2)-c2cccc4cccc-3c24)cc(-c2c3ccccc3c(-c3cccc4cc5ccccc5cc34)c3ccccc23)c1. The van der Waals surface area contributed by atoms with Crippen molar-refractivity contribution in [2.24, 2.45) is 0 Å². The van der Waals surface area contributed by atoms with Gasteiger partial charge in [-0.3, -0.25) is 0 Å². The van der Waals surface area contributed by atoms with E-state index in [-0.39, 0.29) is 0 Å². The van der Waals surface area contributed by atoms with E-state index in [0.717, 1.165) is 28.2 Å². The van der Waals surface area contributed by atoms with Crippen LogP contribution in [0.15, 0.2) is 170 Å². The monoisotopic (exact) mass is 632 g/mol. The molecule has 10 aromatic rings. The Morgan fingerprint density at radius 1 is 0.340 bits per heavy atom. The summed E-state index contributed by atoms with van der Waals surface area (Å²) in [6, 6.07) is 59.5. The summed E-state index contributed by atoms with van der Waals surface area (Å²) in [5.41, 5.74) is 10.4. The highest BCUT2D eigenvalue weighted by Crippen LogP contribution is 2.48. The van der Waals surface area contributed by atoms with Crippen LogP contribution in [0.4, 0.5) is 0 Å². The Bertz CT molecular complexity index is 2980. The molecule has 2 heteroatoms. The molecule has 230 valence electrons. The molecule has 0 N–H and O–H groups in total. The summed E-state index contributed by atoms with van der Waals surface area (Å²) < 4.78 is 0. The highest BCUT2D eigenvalue weighted by atomic mass is 14.9. The maximum atomic E-state index is 5.22. The molecule has 0 fully saturated rings. The molecule has 0 saturated carbocycles.